The number of hydrogen-bond donors (Lipinski definition) is 2. The van der Waals surface area contributed by atoms with E-state index < -0.39 is 18.7 Å². The standard InChI is InChI=1S/C24H19N.C24H16N.C9H19N.C6H5.Sn/c2*1-3-11-19(12-4-1)21-15-7-9-17-23(21)25-24-18-10-8-16-22(24)20-13-5-2-6-14-20;1-8(2)6-5-7-9(3,4)10-8;1-2-4-6-5-3-1;/h1-18,25H;1-11,13,15-18H;10H,5-7H2,1-4H3;1-5H;/q;-1;;;+1. The van der Waals surface area contributed by atoms with E-state index in [-0.39, 0.29) is 0 Å². The fourth-order valence-corrected chi connectivity index (χ4v) is 26.2. The summed E-state index contributed by atoms with van der Waals surface area (Å²) in [4.78, 5) is 0. The topological polar surface area (TPSA) is 27.3 Å². The molecule has 0 radical (unpaired) electrons. The van der Waals surface area contributed by atoms with Crippen LogP contribution < -0.4 is 24.5 Å². The number of hydrogen-bond acceptors (Lipinski definition) is 3. The third-order valence-corrected chi connectivity index (χ3v) is 27.2. The number of fused-ring (bicyclic) bond motifs is 11. The van der Waals surface area contributed by atoms with Gasteiger partial charge in [-0.25, -0.2) is 0 Å². The van der Waals surface area contributed by atoms with Crippen LogP contribution in [0.5, 0.6) is 0 Å². The van der Waals surface area contributed by atoms with Crippen molar-refractivity contribution in [3.63, 3.8) is 0 Å². The van der Waals surface area contributed by atoms with Gasteiger partial charge in [0.25, 0.3) is 0 Å². The Hall–Kier alpha value is -6.66. The van der Waals surface area contributed by atoms with Gasteiger partial charge in [0.1, 0.15) is 0 Å². The molecule has 4 heteroatoms. The zero-order valence-electron chi connectivity index (χ0n) is 39.1. The summed E-state index contributed by atoms with van der Waals surface area (Å²) in [7, 11) is 0. The van der Waals surface area contributed by atoms with E-state index in [4.69, 9.17) is 0 Å². The van der Waals surface area contributed by atoms with Crippen LogP contribution >= 0.6 is 0 Å². The average molecular weight is 977 g/mol. The number of rotatable bonds is 5. The largest absolute Gasteiger partial charge is 0.355 e. The molecule has 1 fully saturated rings. The SMILES string of the molecule is CC1(C)CCCC(C)(C)N1.c1cc[c]([Sn]23[c]4ccccc4-c4ccccc4[N]2c2ccccc2-c2cccc[c]23)cc1.c1ccc(-c2ccccc2Nc2ccccc2-c2ccccc2)cc1. The predicted molar refractivity (Wildman–Crippen MR) is 289 cm³/mol. The van der Waals surface area contributed by atoms with E-state index in [1.807, 2.05) is 12.1 Å². The third-order valence-electron chi connectivity index (χ3n) is 13.6. The van der Waals surface area contributed by atoms with Gasteiger partial charge in [-0.3, -0.25) is 0 Å². The molecule has 0 saturated carbocycles. The van der Waals surface area contributed by atoms with Crippen LogP contribution in [0.25, 0.3) is 44.5 Å². The van der Waals surface area contributed by atoms with Gasteiger partial charge >= 0.3 is 194 Å². The molecule has 330 valence electrons. The van der Waals surface area contributed by atoms with Crippen molar-refractivity contribution in [2.24, 2.45) is 0 Å². The number of benzene rings is 9. The van der Waals surface area contributed by atoms with Gasteiger partial charge in [-0.15, -0.1) is 0 Å². The first-order chi connectivity index (χ1) is 32.7. The molecule has 12 rings (SSSR count). The van der Waals surface area contributed by atoms with E-state index in [2.05, 4.69) is 266 Å². The van der Waals surface area contributed by atoms with Crippen molar-refractivity contribution in [3.05, 3.63) is 237 Å². The molecule has 9 aromatic carbocycles. The summed E-state index contributed by atoms with van der Waals surface area (Å²) in [6, 6.07) is 85.4. The number of nitrogens with one attached hydrogen (secondary N) is 2. The van der Waals surface area contributed by atoms with E-state index in [0.717, 1.165) is 11.4 Å². The second-order valence-corrected chi connectivity index (χ2v) is 29.3. The predicted octanol–water partition coefficient (Wildman–Crippen LogP) is 14.5. The fourth-order valence-electron chi connectivity index (χ4n) is 10.9. The molecule has 0 aliphatic carbocycles. The van der Waals surface area contributed by atoms with Gasteiger partial charge < -0.3 is 10.6 Å². The summed E-state index contributed by atoms with van der Waals surface area (Å²) in [6.45, 7) is 9.14. The molecule has 9 aromatic rings. The van der Waals surface area contributed by atoms with Crippen molar-refractivity contribution < 1.29 is 0 Å². The monoisotopic (exact) mass is 977 g/mol. The number of piperidine rings is 1. The summed E-state index contributed by atoms with van der Waals surface area (Å²) >= 11 is -3.68. The molecule has 3 heterocycles. The molecule has 3 aliphatic heterocycles. The Labute approximate surface area is 402 Å². The Kier molecular flexibility index (Phi) is 12.5. The maximum atomic E-state index is 3.64. The molecule has 0 atom stereocenters. The van der Waals surface area contributed by atoms with Gasteiger partial charge in [-0.1, -0.05) is 97.1 Å². The first-order valence-corrected chi connectivity index (χ1v) is 29.4. The minimum Gasteiger partial charge on any atom is -0.355 e. The maximum Gasteiger partial charge on any atom is 0.0464 e. The van der Waals surface area contributed by atoms with Gasteiger partial charge in [-0.2, -0.15) is 0 Å². The van der Waals surface area contributed by atoms with Crippen LogP contribution in [0.15, 0.2) is 237 Å². The molecule has 0 unspecified atom stereocenters. The number of para-hydroxylation sites is 4. The van der Waals surface area contributed by atoms with Crippen LogP contribution in [0.1, 0.15) is 47.0 Å². The first kappa shape index (κ1) is 44.2. The Bertz CT molecular complexity index is 2940. The maximum absolute atomic E-state index is 3.68. The normalized spacial score (nSPS) is 15.3. The van der Waals surface area contributed by atoms with Crippen LogP contribution in [0.3, 0.4) is 0 Å². The molecule has 67 heavy (non-hydrogen) atoms. The average Bonchev–Trinajstić information content (AvgIpc) is 3.37. The van der Waals surface area contributed by atoms with Crippen LogP contribution in [0.2, 0.25) is 0 Å². The molecule has 3 nitrogen and oxygen atoms in total. The molecule has 3 aliphatic rings. The summed E-state index contributed by atoms with van der Waals surface area (Å²) in [5.41, 5.74) is 15.9. The summed E-state index contributed by atoms with van der Waals surface area (Å²) in [6.07, 6.45) is 4.00. The van der Waals surface area contributed by atoms with Crippen molar-refractivity contribution in [2.45, 2.75) is 58.0 Å². The van der Waals surface area contributed by atoms with Crippen molar-refractivity contribution >= 4 is 52.1 Å². The van der Waals surface area contributed by atoms with Crippen LogP contribution in [-0.4, -0.2) is 29.7 Å². The van der Waals surface area contributed by atoms with E-state index in [0.29, 0.717) is 11.1 Å². The van der Waals surface area contributed by atoms with E-state index in [1.165, 1.54) is 85.9 Å². The molecule has 0 aromatic heterocycles. The second-order valence-electron chi connectivity index (χ2n) is 19.2. The van der Waals surface area contributed by atoms with Crippen molar-refractivity contribution in [1.82, 2.24) is 5.32 Å². The minimum atomic E-state index is -3.68. The Balaban J connectivity index is 0.000000133. The summed E-state index contributed by atoms with van der Waals surface area (Å²) < 4.78 is 7.35. The summed E-state index contributed by atoms with van der Waals surface area (Å²) in [5, 5.41) is 7.27. The van der Waals surface area contributed by atoms with Gasteiger partial charge in [0.05, 0.1) is 0 Å². The second kappa shape index (κ2) is 18.9. The molecular weight excluding hydrogens is 917 g/mol. The number of anilines is 4. The van der Waals surface area contributed by atoms with Crippen LogP contribution in [-0.2, 0) is 0 Å². The first-order valence-electron chi connectivity index (χ1n) is 23.8. The van der Waals surface area contributed by atoms with Gasteiger partial charge in [0.15, 0.2) is 0 Å². The van der Waals surface area contributed by atoms with Gasteiger partial charge in [-0.05, 0) is 70.2 Å². The van der Waals surface area contributed by atoms with E-state index in [9.17, 15) is 0 Å². The van der Waals surface area contributed by atoms with Crippen molar-refractivity contribution in [2.75, 3.05) is 8.44 Å². The zero-order valence-corrected chi connectivity index (χ0v) is 41.9. The number of nitrogens with zero attached hydrogens (tertiary/aromatic N) is 1. The van der Waals surface area contributed by atoms with Crippen molar-refractivity contribution in [1.29, 1.82) is 0 Å². The van der Waals surface area contributed by atoms with Gasteiger partial charge in [0.2, 0.25) is 0 Å². The Morgan fingerprint density at radius 3 is 1.13 bits per heavy atom. The third kappa shape index (κ3) is 8.75. The summed E-state index contributed by atoms with van der Waals surface area (Å²) in [5.74, 6) is 0. The van der Waals surface area contributed by atoms with Crippen LogP contribution in [0.4, 0.5) is 22.7 Å². The van der Waals surface area contributed by atoms with Gasteiger partial charge in [0, 0.05) is 33.6 Å². The molecular formula is C63H59N3Sn. The molecule has 1 saturated heterocycles. The van der Waals surface area contributed by atoms with E-state index >= 15 is 0 Å². The quantitative estimate of drug-likeness (QED) is 0.168. The van der Waals surface area contributed by atoms with Crippen LogP contribution in [0, 0.1) is 0 Å². The molecule has 2 N–H and O–H groups in total. The molecule has 0 spiro atoms. The fraction of sp³-hybridized carbons (Fsp3) is 0.143. The Morgan fingerprint density at radius 2 is 0.716 bits per heavy atom. The molecule has 0 amide bonds. The Morgan fingerprint density at radius 1 is 0.373 bits per heavy atom. The zero-order chi connectivity index (χ0) is 45.9. The molecule has 0 bridgehead atoms. The smallest absolute Gasteiger partial charge is 0.0464 e. The van der Waals surface area contributed by atoms with Crippen molar-refractivity contribution in [3.8, 4) is 44.5 Å². The van der Waals surface area contributed by atoms with E-state index in [1.54, 1.807) is 0 Å². The minimum absolute atomic E-state index is 0.363.